The van der Waals surface area contributed by atoms with Crippen LogP contribution in [0.4, 0.5) is 4.79 Å². The van der Waals surface area contributed by atoms with Gasteiger partial charge in [0, 0.05) is 18.3 Å². The molecule has 0 aliphatic heterocycles. The van der Waals surface area contributed by atoms with Crippen molar-refractivity contribution in [3.8, 4) is 0 Å². The standard InChI is InChI=1S/C11H19N3O3S/c1-11(2,3)17-10(16)14-8(6-15)4-7-5-12-9(18)13-7/h5,8,15H,4,6H2,1-3H3,(H,14,16)(H2,12,13,18)/t8-/m1/s1. The lowest BCUT2D eigenvalue weighted by Crippen LogP contribution is -2.42. The van der Waals surface area contributed by atoms with Gasteiger partial charge in [0.25, 0.3) is 0 Å². The molecule has 102 valence electrons. The number of nitrogens with one attached hydrogen (secondary N) is 3. The van der Waals surface area contributed by atoms with E-state index in [-0.39, 0.29) is 6.61 Å². The van der Waals surface area contributed by atoms with E-state index in [4.69, 9.17) is 17.0 Å². The molecule has 0 aromatic carbocycles. The summed E-state index contributed by atoms with van der Waals surface area (Å²) in [4.78, 5) is 17.3. The van der Waals surface area contributed by atoms with Gasteiger partial charge in [-0.15, -0.1) is 0 Å². The Morgan fingerprint density at radius 1 is 1.61 bits per heavy atom. The molecule has 0 fully saturated rings. The van der Waals surface area contributed by atoms with Crippen molar-refractivity contribution in [3.05, 3.63) is 16.7 Å². The van der Waals surface area contributed by atoms with Crippen molar-refractivity contribution >= 4 is 18.3 Å². The van der Waals surface area contributed by atoms with Crippen molar-refractivity contribution in [1.82, 2.24) is 15.3 Å². The highest BCUT2D eigenvalue weighted by molar-refractivity contribution is 7.71. The number of carbonyl (C=O) groups excluding carboxylic acids is 1. The van der Waals surface area contributed by atoms with Crippen molar-refractivity contribution in [2.24, 2.45) is 0 Å². The van der Waals surface area contributed by atoms with Crippen LogP contribution in [-0.4, -0.2) is 39.4 Å². The van der Waals surface area contributed by atoms with E-state index in [1.807, 2.05) is 0 Å². The van der Waals surface area contributed by atoms with E-state index in [2.05, 4.69) is 15.3 Å². The second-order valence-electron chi connectivity index (χ2n) is 5.00. The average Bonchev–Trinajstić information content (AvgIpc) is 2.60. The molecule has 1 heterocycles. The number of aliphatic hydroxyl groups excluding tert-OH is 1. The number of aromatic amines is 2. The molecule has 18 heavy (non-hydrogen) atoms. The van der Waals surface area contributed by atoms with Gasteiger partial charge in [-0.3, -0.25) is 0 Å². The molecule has 0 bridgehead atoms. The number of aliphatic hydroxyl groups is 1. The second-order valence-corrected chi connectivity index (χ2v) is 5.41. The Morgan fingerprint density at radius 3 is 2.72 bits per heavy atom. The molecule has 0 unspecified atom stereocenters. The van der Waals surface area contributed by atoms with Crippen LogP contribution in [0.2, 0.25) is 0 Å². The normalized spacial score (nSPS) is 13.1. The summed E-state index contributed by atoms with van der Waals surface area (Å²) in [5.74, 6) is 0. The summed E-state index contributed by atoms with van der Waals surface area (Å²) in [5.41, 5.74) is 0.257. The lowest BCUT2D eigenvalue weighted by atomic mass is 10.2. The van der Waals surface area contributed by atoms with Crippen LogP contribution < -0.4 is 5.32 Å². The molecule has 0 aliphatic carbocycles. The maximum absolute atomic E-state index is 11.5. The Kier molecular flexibility index (Phi) is 4.92. The zero-order valence-electron chi connectivity index (χ0n) is 10.7. The number of aromatic nitrogens is 2. The molecule has 1 aromatic heterocycles. The van der Waals surface area contributed by atoms with Crippen LogP contribution in [0.15, 0.2) is 6.20 Å². The highest BCUT2D eigenvalue weighted by Crippen LogP contribution is 2.07. The maximum atomic E-state index is 11.5. The van der Waals surface area contributed by atoms with Gasteiger partial charge in [-0.05, 0) is 33.0 Å². The number of amides is 1. The molecule has 0 saturated heterocycles. The second kappa shape index (κ2) is 6.01. The lowest BCUT2D eigenvalue weighted by Gasteiger charge is -2.22. The van der Waals surface area contributed by atoms with Gasteiger partial charge in [0.05, 0.1) is 12.6 Å². The van der Waals surface area contributed by atoms with Crippen LogP contribution in [0.3, 0.4) is 0 Å². The van der Waals surface area contributed by atoms with Crippen molar-refractivity contribution in [2.75, 3.05) is 6.61 Å². The fourth-order valence-corrected chi connectivity index (χ4v) is 1.57. The van der Waals surface area contributed by atoms with Gasteiger partial charge in [-0.1, -0.05) is 0 Å². The lowest BCUT2D eigenvalue weighted by molar-refractivity contribution is 0.0482. The Balaban J connectivity index is 2.52. The van der Waals surface area contributed by atoms with E-state index in [1.54, 1.807) is 27.0 Å². The predicted octanol–water partition coefficient (Wildman–Crippen LogP) is 1.50. The van der Waals surface area contributed by atoms with Gasteiger partial charge in [0.2, 0.25) is 0 Å². The first-order valence-corrected chi connectivity index (χ1v) is 6.08. The first-order chi connectivity index (χ1) is 8.30. The maximum Gasteiger partial charge on any atom is 0.407 e. The molecule has 1 amide bonds. The minimum atomic E-state index is -0.557. The summed E-state index contributed by atoms with van der Waals surface area (Å²) >= 11 is 4.90. The van der Waals surface area contributed by atoms with Crippen molar-refractivity contribution in [1.29, 1.82) is 0 Å². The molecular formula is C11H19N3O3S. The van der Waals surface area contributed by atoms with E-state index in [9.17, 15) is 9.90 Å². The monoisotopic (exact) mass is 273 g/mol. The Bertz CT molecular complexity index is 447. The number of hydrogen-bond donors (Lipinski definition) is 4. The first kappa shape index (κ1) is 14.7. The van der Waals surface area contributed by atoms with Crippen molar-refractivity contribution in [3.63, 3.8) is 0 Å². The number of imidazole rings is 1. The molecule has 0 saturated carbocycles. The van der Waals surface area contributed by atoms with Crippen LogP contribution >= 0.6 is 12.2 Å². The third kappa shape index (κ3) is 5.33. The van der Waals surface area contributed by atoms with Crippen LogP contribution in [0.25, 0.3) is 0 Å². The summed E-state index contributed by atoms with van der Waals surface area (Å²) in [6.07, 6.45) is 1.61. The molecule has 4 N–H and O–H groups in total. The van der Waals surface area contributed by atoms with E-state index in [1.165, 1.54) is 0 Å². The Morgan fingerprint density at radius 2 is 2.28 bits per heavy atom. The molecule has 0 spiro atoms. The highest BCUT2D eigenvalue weighted by Gasteiger charge is 2.19. The zero-order valence-corrected chi connectivity index (χ0v) is 11.6. The molecule has 1 rings (SSSR count). The number of carbonyl (C=O) groups is 1. The summed E-state index contributed by atoms with van der Waals surface area (Å²) in [6, 6.07) is -0.415. The van der Waals surface area contributed by atoms with Gasteiger partial charge >= 0.3 is 6.09 Å². The summed E-state index contributed by atoms with van der Waals surface area (Å²) < 4.78 is 5.63. The molecular weight excluding hydrogens is 254 g/mol. The van der Waals surface area contributed by atoms with E-state index >= 15 is 0 Å². The topological polar surface area (TPSA) is 90.1 Å². The average molecular weight is 273 g/mol. The Hall–Kier alpha value is -1.34. The molecule has 0 aliphatic rings. The molecule has 1 aromatic rings. The molecule has 6 nitrogen and oxygen atoms in total. The third-order valence-electron chi connectivity index (χ3n) is 2.06. The highest BCUT2D eigenvalue weighted by atomic mass is 32.1. The van der Waals surface area contributed by atoms with E-state index in [0.717, 1.165) is 5.69 Å². The van der Waals surface area contributed by atoms with E-state index in [0.29, 0.717) is 11.2 Å². The van der Waals surface area contributed by atoms with Gasteiger partial charge in [-0.2, -0.15) is 0 Å². The van der Waals surface area contributed by atoms with Crippen molar-refractivity contribution < 1.29 is 14.6 Å². The molecule has 7 heteroatoms. The quantitative estimate of drug-likeness (QED) is 0.626. The number of rotatable bonds is 4. The van der Waals surface area contributed by atoms with Gasteiger partial charge in [-0.25, -0.2) is 4.79 Å². The van der Waals surface area contributed by atoms with Crippen LogP contribution in [0.5, 0.6) is 0 Å². The summed E-state index contributed by atoms with van der Waals surface area (Å²) in [5, 5.41) is 11.8. The number of ether oxygens (including phenoxy) is 1. The van der Waals surface area contributed by atoms with Gasteiger partial charge in [0.15, 0.2) is 4.77 Å². The molecule has 0 radical (unpaired) electrons. The van der Waals surface area contributed by atoms with Crippen LogP contribution in [0.1, 0.15) is 26.5 Å². The summed E-state index contributed by atoms with van der Waals surface area (Å²) in [6.45, 7) is 5.17. The van der Waals surface area contributed by atoms with Crippen molar-refractivity contribution in [2.45, 2.75) is 38.8 Å². The summed E-state index contributed by atoms with van der Waals surface area (Å²) in [7, 11) is 0. The SMILES string of the molecule is CC(C)(C)OC(=O)N[C@@H](CO)Cc1c[nH]c(=S)[nH]1. The fourth-order valence-electron chi connectivity index (χ4n) is 1.38. The minimum Gasteiger partial charge on any atom is -0.444 e. The van der Waals surface area contributed by atoms with E-state index < -0.39 is 17.7 Å². The molecule has 1 atom stereocenters. The number of hydrogen-bond acceptors (Lipinski definition) is 4. The number of H-pyrrole nitrogens is 2. The van der Waals surface area contributed by atoms with Crippen LogP contribution in [-0.2, 0) is 11.2 Å². The van der Waals surface area contributed by atoms with Gasteiger partial charge in [0.1, 0.15) is 5.60 Å². The largest absolute Gasteiger partial charge is 0.444 e. The minimum absolute atomic E-state index is 0.176. The van der Waals surface area contributed by atoms with Crippen LogP contribution in [0, 0.1) is 4.77 Å². The number of alkyl carbamates (subject to hydrolysis) is 1. The Labute approximate surface area is 111 Å². The fraction of sp³-hybridized carbons (Fsp3) is 0.636. The smallest absolute Gasteiger partial charge is 0.407 e. The van der Waals surface area contributed by atoms with Gasteiger partial charge < -0.3 is 25.1 Å². The zero-order chi connectivity index (χ0) is 13.8. The predicted molar refractivity (Wildman–Crippen MR) is 69.9 cm³/mol. The third-order valence-corrected chi connectivity index (χ3v) is 2.28. The first-order valence-electron chi connectivity index (χ1n) is 5.67.